The van der Waals surface area contributed by atoms with Crippen LogP contribution >= 0.6 is 0 Å². The molecule has 1 aromatic carbocycles. The summed E-state index contributed by atoms with van der Waals surface area (Å²) in [6.45, 7) is 4.03. The van der Waals surface area contributed by atoms with Gasteiger partial charge in [0.05, 0.1) is 5.69 Å². The van der Waals surface area contributed by atoms with Crippen LogP contribution in [-0.4, -0.2) is 20.0 Å². The zero-order valence-corrected chi connectivity index (χ0v) is 11.8. The number of aryl methyl sites for hydroxylation is 2. The van der Waals surface area contributed by atoms with Crippen molar-refractivity contribution in [2.75, 3.05) is 0 Å². The number of hydrogen-bond donors (Lipinski definition) is 0. The molecule has 5 heteroatoms. The Kier molecular flexibility index (Phi) is 3.20. The monoisotopic (exact) mass is 275 g/mol. The first-order valence-electron chi connectivity index (χ1n) is 6.54. The molecule has 0 aliphatic carbocycles. The maximum atomic E-state index is 9.28. The zero-order valence-electron chi connectivity index (χ0n) is 11.8. The molecule has 0 spiro atoms. The summed E-state index contributed by atoms with van der Waals surface area (Å²) >= 11 is 0. The van der Waals surface area contributed by atoms with Gasteiger partial charge >= 0.3 is 0 Å². The van der Waals surface area contributed by atoms with Crippen molar-refractivity contribution in [2.24, 2.45) is 0 Å². The van der Waals surface area contributed by atoms with Gasteiger partial charge in [0.15, 0.2) is 5.69 Å². The fraction of sp³-hybridized carbons (Fsp3) is 0.125. The van der Waals surface area contributed by atoms with Gasteiger partial charge in [-0.25, -0.2) is 4.68 Å². The molecule has 0 saturated heterocycles. The van der Waals surface area contributed by atoms with E-state index in [1.807, 2.05) is 44.2 Å². The van der Waals surface area contributed by atoms with E-state index in [1.165, 1.54) is 0 Å². The van der Waals surface area contributed by atoms with Gasteiger partial charge in [-0.1, -0.05) is 17.3 Å². The van der Waals surface area contributed by atoms with E-state index < -0.39 is 0 Å². The van der Waals surface area contributed by atoms with E-state index in [0.717, 1.165) is 22.4 Å². The smallest absolute Gasteiger partial charge is 0.191 e. The molecule has 2 heterocycles. The number of pyridine rings is 1. The number of nitriles is 1. The van der Waals surface area contributed by atoms with Crippen LogP contribution in [0.1, 0.15) is 16.8 Å². The highest BCUT2D eigenvalue weighted by Crippen LogP contribution is 2.26. The summed E-state index contributed by atoms with van der Waals surface area (Å²) < 4.78 is 1.71. The molecule has 0 amide bonds. The third kappa shape index (κ3) is 2.28. The van der Waals surface area contributed by atoms with E-state index in [-0.39, 0.29) is 0 Å². The largest absolute Gasteiger partial charge is 0.264 e. The molecule has 3 rings (SSSR count). The second-order valence-corrected chi connectivity index (χ2v) is 4.84. The lowest BCUT2D eigenvalue weighted by Crippen LogP contribution is -2.02. The standard InChI is InChI=1S/C16H13N5/c1-11-5-6-12(2)15(8-11)21-16(14(9-17)19-20-21)13-4-3-7-18-10-13/h3-8,10H,1-2H3. The molecule has 0 radical (unpaired) electrons. The van der Waals surface area contributed by atoms with E-state index in [1.54, 1.807) is 17.1 Å². The Morgan fingerprint density at radius 2 is 2.05 bits per heavy atom. The van der Waals surface area contributed by atoms with Gasteiger partial charge in [-0.3, -0.25) is 4.98 Å². The number of aromatic nitrogens is 4. The van der Waals surface area contributed by atoms with Gasteiger partial charge in [0.25, 0.3) is 0 Å². The molecule has 0 N–H and O–H groups in total. The lowest BCUT2D eigenvalue weighted by atomic mass is 10.1. The Morgan fingerprint density at radius 1 is 1.19 bits per heavy atom. The van der Waals surface area contributed by atoms with Crippen LogP contribution in [0, 0.1) is 25.2 Å². The Balaban J connectivity index is 2.28. The highest BCUT2D eigenvalue weighted by Gasteiger charge is 2.17. The molecule has 0 atom stereocenters. The predicted molar refractivity (Wildman–Crippen MR) is 78.8 cm³/mol. The molecule has 102 valence electrons. The maximum absolute atomic E-state index is 9.28. The number of hydrogen-bond acceptors (Lipinski definition) is 4. The summed E-state index contributed by atoms with van der Waals surface area (Å²) in [5.41, 5.74) is 4.90. The van der Waals surface area contributed by atoms with Crippen LogP contribution in [0.5, 0.6) is 0 Å². The topological polar surface area (TPSA) is 67.4 Å². The third-order valence-electron chi connectivity index (χ3n) is 3.30. The highest BCUT2D eigenvalue weighted by molar-refractivity contribution is 5.66. The molecule has 0 aliphatic heterocycles. The molecular formula is C16H13N5. The van der Waals surface area contributed by atoms with Crippen LogP contribution in [0.4, 0.5) is 0 Å². The van der Waals surface area contributed by atoms with Gasteiger partial charge in [-0.05, 0) is 43.2 Å². The second kappa shape index (κ2) is 5.17. The van der Waals surface area contributed by atoms with Crippen LogP contribution in [0.2, 0.25) is 0 Å². The van der Waals surface area contributed by atoms with Crippen LogP contribution in [-0.2, 0) is 0 Å². The van der Waals surface area contributed by atoms with E-state index in [4.69, 9.17) is 0 Å². The van der Waals surface area contributed by atoms with Crippen molar-refractivity contribution in [3.8, 4) is 23.0 Å². The van der Waals surface area contributed by atoms with Crippen molar-refractivity contribution >= 4 is 0 Å². The van der Waals surface area contributed by atoms with E-state index >= 15 is 0 Å². The average Bonchev–Trinajstić information content (AvgIpc) is 2.94. The molecule has 0 saturated carbocycles. The minimum atomic E-state index is 0.295. The van der Waals surface area contributed by atoms with Gasteiger partial charge < -0.3 is 0 Å². The molecular weight excluding hydrogens is 262 g/mol. The van der Waals surface area contributed by atoms with Crippen LogP contribution in [0.15, 0.2) is 42.7 Å². The first kappa shape index (κ1) is 13.0. The Morgan fingerprint density at radius 3 is 2.76 bits per heavy atom. The third-order valence-corrected chi connectivity index (χ3v) is 3.30. The molecule has 0 unspecified atom stereocenters. The maximum Gasteiger partial charge on any atom is 0.191 e. The molecule has 0 aliphatic rings. The predicted octanol–water partition coefficient (Wildman–Crippen LogP) is 2.82. The average molecular weight is 275 g/mol. The number of nitrogens with zero attached hydrogens (tertiary/aromatic N) is 5. The molecule has 5 nitrogen and oxygen atoms in total. The van der Waals surface area contributed by atoms with E-state index in [0.29, 0.717) is 11.4 Å². The van der Waals surface area contributed by atoms with Gasteiger partial charge in [-0.15, -0.1) is 5.10 Å². The van der Waals surface area contributed by atoms with E-state index in [9.17, 15) is 5.26 Å². The highest BCUT2D eigenvalue weighted by atomic mass is 15.4. The van der Waals surface area contributed by atoms with Crippen molar-refractivity contribution < 1.29 is 0 Å². The number of benzene rings is 1. The fourth-order valence-corrected chi connectivity index (χ4v) is 2.24. The van der Waals surface area contributed by atoms with Crippen LogP contribution in [0.3, 0.4) is 0 Å². The molecule has 0 fully saturated rings. The Labute approximate surface area is 122 Å². The summed E-state index contributed by atoms with van der Waals surface area (Å²) in [6.07, 6.45) is 3.41. The summed E-state index contributed by atoms with van der Waals surface area (Å²) in [4.78, 5) is 4.11. The summed E-state index contributed by atoms with van der Waals surface area (Å²) in [6, 6.07) is 11.9. The summed E-state index contributed by atoms with van der Waals surface area (Å²) in [7, 11) is 0. The second-order valence-electron chi connectivity index (χ2n) is 4.84. The first-order chi connectivity index (χ1) is 10.2. The minimum Gasteiger partial charge on any atom is -0.264 e. The van der Waals surface area contributed by atoms with Gasteiger partial charge in [0.2, 0.25) is 0 Å². The van der Waals surface area contributed by atoms with Crippen molar-refractivity contribution in [1.29, 1.82) is 5.26 Å². The zero-order chi connectivity index (χ0) is 14.8. The molecule has 21 heavy (non-hydrogen) atoms. The lowest BCUT2D eigenvalue weighted by Gasteiger charge is -2.10. The quantitative estimate of drug-likeness (QED) is 0.721. The van der Waals surface area contributed by atoms with Crippen LogP contribution < -0.4 is 0 Å². The molecule has 2 aromatic heterocycles. The normalized spacial score (nSPS) is 10.3. The van der Waals surface area contributed by atoms with Crippen molar-refractivity contribution in [2.45, 2.75) is 13.8 Å². The first-order valence-corrected chi connectivity index (χ1v) is 6.54. The molecule has 0 bridgehead atoms. The Hall–Kier alpha value is -3.00. The van der Waals surface area contributed by atoms with Crippen molar-refractivity contribution in [1.82, 2.24) is 20.0 Å². The minimum absolute atomic E-state index is 0.295. The van der Waals surface area contributed by atoms with Crippen molar-refractivity contribution in [3.05, 3.63) is 59.5 Å². The number of rotatable bonds is 2. The van der Waals surface area contributed by atoms with Gasteiger partial charge in [-0.2, -0.15) is 5.26 Å². The van der Waals surface area contributed by atoms with Crippen molar-refractivity contribution in [3.63, 3.8) is 0 Å². The van der Waals surface area contributed by atoms with Gasteiger partial charge in [0.1, 0.15) is 11.8 Å². The fourth-order valence-electron chi connectivity index (χ4n) is 2.24. The summed E-state index contributed by atoms with van der Waals surface area (Å²) in [5.74, 6) is 0. The van der Waals surface area contributed by atoms with E-state index in [2.05, 4.69) is 21.4 Å². The summed E-state index contributed by atoms with van der Waals surface area (Å²) in [5, 5.41) is 17.4. The van der Waals surface area contributed by atoms with Gasteiger partial charge in [0, 0.05) is 18.0 Å². The SMILES string of the molecule is Cc1ccc(C)c(-n2nnc(C#N)c2-c2cccnc2)c1. The Bertz CT molecular complexity index is 828. The molecule has 3 aromatic rings. The van der Waals surface area contributed by atoms with Crippen LogP contribution in [0.25, 0.3) is 16.9 Å². The lowest BCUT2D eigenvalue weighted by molar-refractivity contribution is 0.801.